The Balaban J connectivity index is 2.13. The Morgan fingerprint density at radius 2 is 2.06 bits per heavy atom. The van der Waals surface area contributed by atoms with Crippen molar-refractivity contribution < 1.29 is 4.79 Å². The third-order valence-electron chi connectivity index (χ3n) is 3.98. The van der Waals surface area contributed by atoms with E-state index in [1.807, 2.05) is 0 Å². The Morgan fingerprint density at radius 3 is 2.65 bits per heavy atom. The molecule has 0 spiro atoms. The van der Waals surface area contributed by atoms with Crippen molar-refractivity contribution in [2.24, 2.45) is 5.73 Å². The van der Waals surface area contributed by atoms with Crippen molar-refractivity contribution in [3.8, 4) is 0 Å². The standard InChI is InChI=1S/C13H25N3O/c1-13(2)9-16(10-5-3-4-6-10)11(7-8-14)12(17)15-13/h10-11H,3-9,14H2,1-2H3,(H,15,17). The lowest BCUT2D eigenvalue weighted by atomic mass is 9.94. The summed E-state index contributed by atoms with van der Waals surface area (Å²) in [6.45, 7) is 5.74. The minimum Gasteiger partial charge on any atom is -0.349 e. The molecule has 1 unspecified atom stereocenters. The molecule has 1 heterocycles. The minimum absolute atomic E-state index is 0.00359. The maximum Gasteiger partial charge on any atom is 0.237 e. The zero-order valence-corrected chi connectivity index (χ0v) is 11.0. The highest BCUT2D eigenvalue weighted by molar-refractivity contribution is 5.83. The number of nitrogens with zero attached hydrogens (tertiary/aromatic N) is 1. The molecule has 0 aromatic rings. The lowest BCUT2D eigenvalue weighted by Gasteiger charge is -2.46. The first-order valence-electron chi connectivity index (χ1n) is 6.81. The highest BCUT2D eigenvalue weighted by atomic mass is 16.2. The Hall–Kier alpha value is -0.610. The molecule has 0 aromatic carbocycles. The number of nitrogens with one attached hydrogen (secondary N) is 1. The van der Waals surface area contributed by atoms with Crippen LogP contribution in [0.3, 0.4) is 0 Å². The number of carbonyl (C=O) groups excluding carboxylic acids is 1. The molecule has 98 valence electrons. The van der Waals surface area contributed by atoms with Crippen LogP contribution >= 0.6 is 0 Å². The molecule has 4 nitrogen and oxygen atoms in total. The van der Waals surface area contributed by atoms with E-state index in [-0.39, 0.29) is 17.5 Å². The van der Waals surface area contributed by atoms with Crippen LogP contribution in [0.1, 0.15) is 46.0 Å². The number of amides is 1. The van der Waals surface area contributed by atoms with Crippen LogP contribution in [0.25, 0.3) is 0 Å². The molecular weight excluding hydrogens is 214 g/mol. The molecule has 3 N–H and O–H groups in total. The molecule has 1 atom stereocenters. The van der Waals surface area contributed by atoms with Crippen LogP contribution in [0.15, 0.2) is 0 Å². The molecule has 0 bridgehead atoms. The maximum absolute atomic E-state index is 12.2. The van der Waals surface area contributed by atoms with Gasteiger partial charge in [0, 0.05) is 18.1 Å². The van der Waals surface area contributed by atoms with Crippen LogP contribution in [0.2, 0.25) is 0 Å². The first kappa shape index (κ1) is 12.8. The van der Waals surface area contributed by atoms with Crippen molar-refractivity contribution in [1.29, 1.82) is 0 Å². The van der Waals surface area contributed by atoms with E-state index >= 15 is 0 Å². The molecular formula is C13H25N3O. The first-order valence-corrected chi connectivity index (χ1v) is 6.81. The van der Waals surface area contributed by atoms with Gasteiger partial charge in [-0.3, -0.25) is 9.69 Å². The third-order valence-corrected chi connectivity index (χ3v) is 3.98. The monoisotopic (exact) mass is 239 g/mol. The largest absolute Gasteiger partial charge is 0.349 e. The van der Waals surface area contributed by atoms with Gasteiger partial charge in [0.15, 0.2) is 0 Å². The van der Waals surface area contributed by atoms with Crippen LogP contribution in [0.4, 0.5) is 0 Å². The molecule has 1 aliphatic heterocycles. The molecule has 2 rings (SSSR count). The molecule has 1 aliphatic carbocycles. The SMILES string of the molecule is CC1(C)CN(C2CCCC2)C(CCN)C(=O)N1. The van der Waals surface area contributed by atoms with Crippen molar-refractivity contribution >= 4 is 5.91 Å². The van der Waals surface area contributed by atoms with E-state index < -0.39 is 0 Å². The van der Waals surface area contributed by atoms with Gasteiger partial charge in [0.2, 0.25) is 5.91 Å². The smallest absolute Gasteiger partial charge is 0.237 e. The van der Waals surface area contributed by atoms with E-state index in [0.717, 1.165) is 13.0 Å². The van der Waals surface area contributed by atoms with Crippen LogP contribution in [0.5, 0.6) is 0 Å². The zero-order valence-electron chi connectivity index (χ0n) is 11.0. The Kier molecular flexibility index (Phi) is 3.73. The molecule has 4 heteroatoms. The Bertz CT molecular complexity index is 284. The minimum atomic E-state index is -0.106. The molecule has 1 saturated carbocycles. The van der Waals surface area contributed by atoms with E-state index in [4.69, 9.17) is 5.73 Å². The first-order chi connectivity index (χ1) is 8.03. The number of carbonyl (C=O) groups is 1. The van der Waals surface area contributed by atoms with Crippen molar-refractivity contribution in [1.82, 2.24) is 10.2 Å². The fraction of sp³-hybridized carbons (Fsp3) is 0.923. The van der Waals surface area contributed by atoms with Crippen molar-refractivity contribution in [2.75, 3.05) is 13.1 Å². The molecule has 2 aliphatic rings. The van der Waals surface area contributed by atoms with E-state index in [2.05, 4.69) is 24.1 Å². The third kappa shape index (κ3) is 2.80. The average Bonchev–Trinajstić information content (AvgIpc) is 2.74. The van der Waals surface area contributed by atoms with E-state index in [1.54, 1.807) is 0 Å². The predicted octanol–water partition coefficient (Wildman–Crippen LogP) is 0.857. The molecule has 2 fully saturated rings. The second-order valence-electron chi connectivity index (χ2n) is 6.08. The average molecular weight is 239 g/mol. The van der Waals surface area contributed by atoms with Gasteiger partial charge in [-0.2, -0.15) is 0 Å². The van der Waals surface area contributed by atoms with Crippen molar-refractivity contribution in [3.63, 3.8) is 0 Å². The predicted molar refractivity (Wildman–Crippen MR) is 68.6 cm³/mol. The van der Waals surface area contributed by atoms with Gasteiger partial charge in [-0.1, -0.05) is 12.8 Å². The van der Waals surface area contributed by atoms with E-state index in [9.17, 15) is 4.79 Å². The van der Waals surface area contributed by atoms with Crippen LogP contribution in [0, 0.1) is 0 Å². The van der Waals surface area contributed by atoms with Gasteiger partial charge >= 0.3 is 0 Å². The zero-order chi connectivity index (χ0) is 12.5. The lowest BCUT2D eigenvalue weighted by Crippen LogP contribution is -2.66. The van der Waals surface area contributed by atoms with E-state index in [0.29, 0.717) is 12.6 Å². The topological polar surface area (TPSA) is 58.4 Å². The van der Waals surface area contributed by atoms with Gasteiger partial charge in [0.25, 0.3) is 0 Å². The van der Waals surface area contributed by atoms with Gasteiger partial charge < -0.3 is 11.1 Å². The van der Waals surface area contributed by atoms with Crippen molar-refractivity contribution in [2.45, 2.75) is 63.6 Å². The van der Waals surface area contributed by atoms with Gasteiger partial charge in [-0.05, 0) is 39.7 Å². The highest BCUT2D eigenvalue weighted by Gasteiger charge is 2.41. The number of piperazine rings is 1. The van der Waals surface area contributed by atoms with Crippen LogP contribution in [-0.4, -0.2) is 41.5 Å². The summed E-state index contributed by atoms with van der Waals surface area (Å²) in [7, 11) is 0. The van der Waals surface area contributed by atoms with Crippen molar-refractivity contribution in [3.05, 3.63) is 0 Å². The highest BCUT2D eigenvalue weighted by Crippen LogP contribution is 2.29. The summed E-state index contributed by atoms with van der Waals surface area (Å²) >= 11 is 0. The van der Waals surface area contributed by atoms with Crippen LogP contribution in [-0.2, 0) is 4.79 Å². The summed E-state index contributed by atoms with van der Waals surface area (Å²) in [5.41, 5.74) is 5.54. The normalized spacial score (nSPS) is 30.5. The summed E-state index contributed by atoms with van der Waals surface area (Å²) in [4.78, 5) is 14.6. The molecule has 0 radical (unpaired) electrons. The molecule has 17 heavy (non-hydrogen) atoms. The number of hydrogen-bond donors (Lipinski definition) is 2. The molecule has 1 saturated heterocycles. The fourth-order valence-corrected chi connectivity index (χ4v) is 3.25. The number of nitrogens with two attached hydrogens (primary N) is 1. The molecule has 1 amide bonds. The molecule has 0 aromatic heterocycles. The number of hydrogen-bond acceptors (Lipinski definition) is 3. The summed E-state index contributed by atoms with van der Waals surface area (Å²) in [5, 5.41) is 3.11. The van der Waals surface area contributed by atoms with Gasteiger partial charge in [-0.25, -0.2) is 0 Å². The number of rotatable bonds is 3. The van der Waals surface area contributed by atoms with E-state index in [1.165, 1.54) is 25.7 Å². The lowest BCUT2D eigenvalue weighted by molar-refractivity contribution is -0.134. The maximum atomic E-state index is 12.2. The Morgan fingerprint density at radius 1 is 1.41 bits per heavy atom. The van der Waals surface area contributed by atoms with Gasteiger partial charge in [0.1, 0.15) is 0 Å². The van der Waals surface area contributed by atoms with Gasteiger partial charge in [-0.15, -0.1) is 0 Å². The fourth-order valence-electron chi connectivity index (χ4n) is 3.25. The summed E-state index contributed by atoms with van der Waals surface area (Å²) < 4.78 is 0. The second kappa shape index (κ2) is 4.94. The Labute approximate surface area is 104 Å². The van der Waals surface area contributed by atoms with Gasteiger partial charge in [0.05, 0.1) is 6.04 Å². The van der Waals surface area contributed by atoms with Crippen LogP contribution < -0.4 is 11.1 Å². The summed E-state index contributed by atoms with van der Waals surface area (Å²) in [6, 6.07) is 0.591. The second-order valence-corrected chi connectivity index (χ2v) is 6.08. The quantitative estimate of drug-likeness (QED) is 0.768. The summed E-state index contributed by atoms with van der Waals surface area (Å²) in [6.07, 6.45) is 5.87. The summed E-state index contributed by atoms with van der Waals surface area (Å²) in [5.74, 6) is 0.165.